The molecular formula is C14H9F3N2O. The van der Waals surface area contributed by atoms with E-state index in [9.17, 15) is 13.2 Å². The first kappa shape index (κ1) is 12.5. The fourth-order valence-corrected chi connectivity index (χ4v) is 2.01. The van der Waals surface area contributed by atoms with E-state index in [0.717, 1.165) is 5.39 Å². The molecule has 0 aliphatic carbocycles. The minimum absolute atomic E-state index is 0.244. The third-order valence-corrected chi connectivity index (χ3v) is 2.79. The van der Waals surface area contributed by atoms with Crippen molar-refractivity contribution in [1.82, 2.24) is 9.97 Å². The van der Waals surface area contributed by atoms with Crippen molar-refractivity contribution in [3.05, 3.63) is 48.7 Å². The van der Waals surface area contributed by atoms with E-state index in [2.05, 4.69) is 14.7 Å². The lowest BCUT2D eigenvalue weighted by molar-refractivity contribution is -0.274. The number of nitrogens with one attached hydrogen (secondary N) is 1. The highest BCUT2D eigenvalue weighted by Gasteiger charge is 2.32. The van der Waals surface area contributed by atoms with Gasteiger partial charge in [-0.2, -0.15) is 0 Å². The van der Waals surface area contributed by atoms with Crippen LogP contribution in [0.3, 0.4) is 0 Å². The molecule has 0 radical (unpaired) electrons. The molecule has 0 spiro atoms. The van der Waals surface area contributed by atoms with Crippen LogP contribution in [0.5, 0.6) is 5.75 Å². The number of rotatable bonds is 2. The van der Waals surface area contributed by atoms with Crippen LogP contribution in [0.2, 0.25) is 0 Å². The van der Waals surface area contributed by atoms with Crippen LogP contribution in [-0.4, -0.2) is 16.3 Å². The van der Waals surface area contributed by atoms with Crippen LogP contribution in [0.4, 0.5) is 13.2 Å². The zero-order valence-electron chi connectivity index (χ0n) is 10.1. The van der Waals surface area contributed by atoms with Gasteiger partial charge in [-0.25, -0.2) is 4.98 Å². The molecule has 3 nitrogen and oxygen atoms in total. The average molecular weight is 278 g/mol. The third kappa shape index (κ3) is 2.45. The maximum Gasteiger partial charge on any atom is 0.573 e. The number of pyridine rings is 1. The van der Waals surface area contributed by atoms with Crippen molar-refractivity contribution in [1.29, 1.82) is 0 Å². The van der Waals surface area contributed by atoms with Crippen molar-refractivity contribution in [2.45, 2.75) is 6.36 Å². The van der Waals surface area contributed by atoms with Crippen LogP contribution in [-0.2, 0) is 0 Å². The molecule has 3 rings (SSSR count). The highest BCUT2D eigenvalue weighted by Crippen LogP contribution is 2.34. The Kier molecular flexibility index (Phi) is 2.85. The quantitative estimate of drug-likeness (QED) is 0.765. The largest absolute Gasteiger partial charge is 0.573 e. The van der Waals surface area contributed by atoms with Gasteiger partial charge in [0.2, 0.25) is 0 Å². The van der Waals surface area contributed by atoms with E-state index >= 15 is 0 Å². The fraction of sp³-hybridized carbons (Fsp3) is 0.0714. The molecule has 0 aliphatic rings. The number of fused-ring (bicyclic) bond motifs is 1. The highest BCUT2D eigenvalue weighted by atomic mass is 19.4. The van der Waals surface area contributed by atoms with E-state index in [1.807, 2.05) is 6.07 Å². The Morgan fingerprint density at radius 3 is 2.60 bits per heavy atom. The monoisotopic (exact) mass is 278 g/mol. The van der Waals surface area contributed by atoms with E-state index in [0.29, 0.717) is 16.9 Å². The molecule has 102 valence electrons. The normalized spacial score (nSPS) is 11.8. The molecule has 1 aromatic carbocycles. The predicted molar refractivity (Wildman–Crippen MR) is 68.2 cm³/mol. The van der Waals surface area contributed by atoms with E-state index in [4.69, 9.17) is 0 Å². The summed E-state index contributed by atoms with van der Waals surface area (Å²) in [6, 6.07) is 11.3. The molecule has 1 N–H and O–H groups in total. The van der Waals surface area contributed by atoms with Crippen LogP contribution < -0.4 is 4.74 Å². The van der Waals surface area contributed by atoms with Gasteiger partial charge in [0, 0.05) is 17.1 Å². The summed E-state index contributed by atoms with van der Waals surface area (Å²) in [6.45, 7) is 0. The molecule has 0 fully saturated rings. The van der Waals surface area contributed by atoms with Crippen molar-refractivity contribution >= 4 is 11.0 Å². The van der Waals surface area contributed by atoms with Gasteiger partial charge in [-0.3, -0.25) is 0 Å². The predicted octanol–water partition coefficient (Wildman–Crippen LogP) is 4.13. The van der Waals surface area contributed by atoms with Crippen molar-refractivity contribution < 1.29 is 17.9 Å². The number of aromatic nitrogens is 2. The van der Waals surface area contributed by atoms with Crippen molar-refractivity contribution in [2.24, 2.45) is 0 Å². The van der Waals surface area contributed by atoms with Crippen LogP contribution in [0.25, 0.3) is 22.3 Å². The smallest absolute Gasteiger partial charge is 0.405 e. The lowest BCUT2D eigenvalue weighted by Gasteiger charge is -2.12. The summed E-state index contributed by atoms with van der Waals surface area (Å²) in [5.41, 5.74) is 1.48. The van der Waals surface area contributed by atoms with E-state index in [1.165, 1.54) is 12.1 Å². The molecule has 0 saturated heterocycles. The second kappa shape index (κ2) is 4.56. The number of para-hydroxylation sites is 1. The van der Waals surface area contributed by atoms with Crippen LogP contribution in [0.1, 0.15) is 0 Å². The Morgan fingerprint density at radius 1 is 1.05 bits per heavy atom. The van der Waals surface area contributed by atoms with Gasteiger partial charge >= 0.3 is 6.36 Å². The maximum atomic E-state index is 12.4. The first-order chi connectivity index (χ1) is 9.53. The first-order valence-corrected chi connectivity index (χ1v) is 5.82. The summed E-state index contributed by atoms with van der Waals surface area (Å²) < 4.78 is 41.2. The van der Waals surface area contributed by atoms with Gasteiger partial charge in [-0.15, -0.1) is 13.2 Å². The summed E-state index contributed by atoms with van der Waals surface area (Å²) in [5.74, 6) is -0.244. The summed E-state index contributed by atoms with van der Waals surface area (Å²) >= 11 is 0. The molecule has 0 saturated carbocycles. The van der Waals surface area contributed by atoms with E-state index in [-0.39, 0.29) is 5.75 Å². The number of ether oxygens (including phenoxy) is 1. The van der Waals surface area contributed by atoms with Gasteiger partial charge in [0.15, 0.2) is 0 Å². The fourth-order valence-electron chi connectivity index (χ4n) is 2.01. The summed E-state index contributed by atoms with van der Waals surface area (Å²) in [4.78, 5) is 7.09. The Bertz CT molecular complexity index is 716. The number of hydrogen-bond donors (Lipinski definition) is 1. The number of aromatic amines is 1. The molecule has 2 heterocycles. The van der Waals surface area contributed by atoms with Crippen molar-refractivity contribution in [2.75, 3.05) is 0 Å². The Labute approximate surface area is 112 Å². The van der Waals surface area contributed by atoms with Gasteiger partial charge in [-0.1, -0.05) is 12.1 Å². The van der Waals surface area contributed by atoms with Crippen LogP contribution in [0.15, 0.2) is 48.7 Å². The molecule has 20 heavy (non-hydrogen) atoms. The lowest BCUT2D eigenvalue weighted by Crippen LogP contribution is -2.17. The van der Waals surface area contributed by atoms with Crippen molar-refractivity contribution in [3.8, 4) is 17.0 Å². The SMILES string of the molecule is FC(F)(F)Oc1ccccc1-c1cc2cccnc2[nH]1. The molecule has 2 aromatic heterocycles. The second-order valence-corrected chi connectivity index (χ2v) is 4.17. The molecule has 0 bridgehead atoms. The van der Waals surface area contributed by atoms with Crippen LogP contribution >= 0.6 is 0 Å². The number of H-pyrrole nitrogens is 1. The Hall–Kier alpha value is -2.50. The number of alkyl halides is 3. The Morgan fingerprint density at radius 2 is 1.85 bits per heavy atom. The molecule has 6 heteroatoms. The van der Waals surface area contributed by atoms with Gasteiger partial charge in [-0.05, 0) is 30.3 Å². The zero-order valence-corrected chi connectivity index (χ0v) is 10.1. The van der Waals surface area contributed by atoms with Crippen LogP contribution in [0, 0.1) is 0 Å². The van der Waals surface area contributed by atoms with Gasteiger partial charge < -0.3 is 9.72 Å². The van der Waals surface area contributed by atoms with Gasteiger partial charge in [0.05, 0.1) is 5.69 Å². The molecule has 0 atom stereocenters. The highest BCUT2D eigenvalue weighted by molar-refractivity contribution is 5.84. The molecule has 3 aromatic rings. The minimum Gasteiger partial charge on any atom is -0.405 e. The van der Waals surface area contributed by atoms with Crippen molar-refractivity contribution in [3.63, 3.8) is 0 Å². The van der Waals surface area contributed by atoms with E-state index < -0.39 is 6.36 Å². The summed E-state index contributed by atoms with van der Waals surface area (Å²) in [7, 11) is 0. The topological polar surface area (TPSA) is 37.9 Å². The number of hydrogen-bond acceptors (Lipinski definition) is 2. The minimum atomic E-state index is -4.72. The third-order valence-electron chi connectivity index (χ3n) is 2.79. The lowest BCUT2D eigenvalue weighted by atomic mass is 10.1. The van der Waals surface area contributed by atoms with Gasteiger partial charge in [0.1, 0.15) is 11.4 Å². The number of halogens is 3. The molecular weight excluding hydrogens is 269 g/mol. The average Bonchev–Trinajstić information content (AvgIpc) is 2.81. The summed E-state index contributed by atoms with van der Waals surface area (Å²) in [6.07, 6.45) is -3.11. The Balaban J connectivity index is 2.09. The molecule has 0 unspecified atom stereocenters. The van der Waals surface area contributed by atoms with Gasteiger partial charge in [0.25, 0.3) is 0 Å². The van der Waals surface area contributed by atoms with E-state index in [1.54, 1.807) is 30.5 Å². The molecule has 0 aliphatic heterocycles. The number of nitrogens with zero attached hydrogens (tertiary/aromatic N) is 1. The standard InChI is InChI=1S/C14H9F3N2O/c15-14(16,17)20-12-6-2-1-5-10(12)11-8-9-4-3-7-18-13(9)19-11/h1-8H,(H,18,19). The second-order valence-electron chi connectivity index (χ2n) is 4.17. The molecule has 0 amide bonds. The number of benzene rings is 1. The zero-order chi connectivity index (χ0) is 14.2. The maximum absolute atomic E-state index is 12.4. The first-order valence-electron chi connectivity index (χ1n) is 5.82. The summed E-state index contributed by atoms with van der Waals surface area (Å²) in [5, 5.41) is 0.823.